The highest BCUT2D eigenvalue weighted by Gasteiger charge is 2.35. The molecule has 0 aromatic carbocycles. The summed E-state index contributed by atoms with van der Waals surface area (Å²) < 4.78 is 14.0. The lowest BCUT2D eigenvalue weighted by atomic mass is 10.0. The van der Waals surface area contributed by atoms with E-state index in [2.05, 4.69) is 36.5 Å². The summed E-state index contributed by atoms with van der Waals surface area (Å²) in [5.74, 6) is -0.359. The molecule has 1 unspecified atom stereocenters. The van der Waals surface area contributed by atoms with Crippen molar-refractivity contribution in [2.75, 3.05) is 19.8 Å². The van der Waals surface area contributed by atoms with Gasteiger partial charge < -0.3 is 10.6 Å². The van der Waals surface area contributed by atoms with Crippen LogP contribution in [0.25, 0.3) is 10.9 Å². The molecule has 0 saturated carbocycles. The Morgan fingerprint density at radius 3 is 3.05 bits per heavy atom. The third-order valence-electron chi connectivity index (χ3n) is 3.67. The minimum absolute atomic E-state index is 0.272. The summed E-state index contributed by atoms with van der Waals surface area (Å²) >= 11 is 3.37. The number of nitrogens with zero attached hydrogens (tertiary/aromatic N) is 2. The Kier molecular flexibility index (Phi) is 3.86. The maximum absolute atomic E-state index is 13.3. The fraction of sp³-hybridized carbons (Fsp3) is 0.357. The van der Waals surface area contributed by atoms with Crippen LogP contribution >= 0.6 is 15.9 Å². The van der Waals surface area contributed by atoms with Crippen LogP contribution < -0.4 is 10.6 Å². The largest absolute Gasteiger partial charge is 0.341 e. The lowest BCUT2D eigenvalue weighted by molar-refractivity contribution is 0.0884. The summed E-state index contributed by atoms with van der Waals surface area (Å²) in [4.78, 5) is 20.7. The monoisotopic (exact) mass is 352 g/mol. The summed E-state index contributed by atoms with van der Waals surface area (Å²) in [6.45, 7) is 0.552. The standard InChI is InChI=1S/C14H14BrFN4O/c15-10-6-18-5-9-1-2-11(19-12(9)10)13(21)20-14(7-16)3-4-17-8-14/h1-2,5-6,17H,3-4,7-8H2,(H,20,21). The summed E-state index contributed by atoms with van der Waals surface area (Å²) in [6.07, 6.45) is 3.89. The molecular weight excluding hydrogens is 339 g/mol. The van der Waals surface area contributed by atoms with E-state index in [0.717, 1.165) is 9.86 Å². The SMILES string of the molecule is O=C(NC1(CF)CCNC1)c1ccc2cncc(Br)c2n1. The molecule has 2 aromatic heterocycles. The lowest BCUT2D eigenvalue weighted by Crippen LogP contribution is -2.52. The van der Waals surface area contributed by atoms with E-state index in [4.69, 9.17) is 0 Å². The van der Waals surface area contributed by atoms with Gasteiger partial charge in [0.15, 0.2) is 0 Å². The first-order valence-electron chi connectivity index (χ1n) is 6.63. The van der Waals surface area contributed by atoms with Gasteiger partial charge in [-0.25, -0.2) is 9.37 Å². The summed E-state index contributed by atoms with van der Waals surface area (Å²) in [5, 5.41) is 6.68. The first-order valence-corrected chi connectivity index (χ1v) is 7.42. The Bertz CT molecular complexity index is 688. The number of hydrogen-bond donors (Lipinski definition) is 2. The third kappa shape index (κ3) is 2.75. The van der Waals surface area contributed by atoms with Crippen LogP contribution in [0.3, 0.4) is 0 Å². The molecule has 7 heteroatoms. The first kappa shape index (κ1) is 14.3. The normalized spacial score (nSPS) is 21.6. The van der Waals surface area contributed by atoms with Crippen molar-refractivity contribution in [1.29, 1.82) is 0 Å². The number of pyridine rings is 2. The number of aromatic nitrogens is 2. The lowest BCUT2D eigenvalue weighted by Gasteiger charge is -2.25. The van der Waals surface area contributed by atoms with Crippen LogP contribution in [0.15, 0.2) is 29.0 Å². The zero-order valence-electron chi connectivity index (χ0n) is 11.2. The van der Waals surface area contributed by atoms with Gasteiger partial charge in [0.2, 0.25) is 0 Å². The third-order valence-corrected chi connectivity index (χ3v) is 4.25. The molecule has 3 rings (SSSR count). The molecule has 1 amide bonds. The van der Waals surface area contributed by atoms with Gasteiger partial charge in [-0.05, 0) is 41.0 Å². The van der Waals surface area contributed by atoms with Crippen molar-refractivity contribution < 1.29 is 9.18 Å². The van der Waals surface area contributed by atoms with E-state index >= 15 is 0 Å². The highest BCUT2D eigenvalue weighted by Crippen LogP contribution is 2.21. The van der Waals surface area contributed by atoms with Crippen molar-refractivity contribution in [3.05, 3.63) is 34.7 Å². The van der Waals surface area contributed by atoms with Crippen molar-refractivity contribution in [3.8, 4) is 0 Å². The fourth-order valence-electron chi connectivity index (χ4n) is 2.44. The van der Waals surface area contributed by atoms with Gasteiger partial charge >= 0.3 is 0 Å². The van der Waals surface area contributed by atoms with Gasteiger partial charge in [-0.1, -0.05) is 0 Å². The van der Waals surface area contributed by atoms with Crippen LogP contribution in [0.5, 0.6) is 0 Å². The maximum atomic E-state index is 13.3. The Hall–Kier alpha value is -1.60. The highest BCUT2D eigenvalue weighted by molar-refractivity contribution is 9.10. The second-order valence-corrected chi connectivity index (χ2v) is 6.04. The van der Waals surface area contributed by atoms with Gasteiger partial charge in [-0.15, -0.1) is 0 Å². The van der Waals surface area contributed by atoms with Crippen LogP contribution in [0.4, 0.5) is 4.39 Å². The molecule has 1 fully saturated rings. The summed E-state index contributed by atoms with van der Waals surface area (Å²) in [5.41, 5.74) is 0.119. The van der Waals surface area contributed by atoms with Gasteiger partial charge in [0.25, 0.3) is 5.91 Å². The molecule has 1 aliphatic heterocycles. The number of rotatable bonds is 3. The number of carbonyl (C=O) groups is 1. The van der Waals surface area contributed by atoms with Crippen molar-refractivity contribution >= 4 is 32.7 Å². The summed E-state index contributed by atoms with van der Waals surface area (Å²) in [7, 11) is 0. The Balaban J connectivity index is 1.89. The van der Waals surface area contributed by atoms with Gasteiger partial charge in [-0.2, -0.15) is 0 Å². The number of nitrogens with one attached hydrogen (secondary N) is 2. The van der Waals surface area contributed by atoms with E-state index in [1.165, 1.54) is 0 Å². The molecule has 110 valence electrons. The minimum Gasteiger partial charge on any atom is -0.341 e. The Morgan fingerprint density at radius 2 is 2.33 bits per heavy atom. The van der Waals surface area contributed by atoms with Gasteiger partial charge in [0.05, 0.1) is 15.5 Å². The second kappa shape index (κ2) is 5.65. The molecule has 0 spiro atoms. The van der Waals surface area contributed by atoms with Crippen LogP contribution in [-0.4, -0.2) is 41.2 Å². The number of halogens is 2. The average molecular weight is 353 g/mol. The fourth-order valence-corrected chi connectivity index (χ4v) is 2.87. The number of carbonyl (C=O) groups excluding carboxylic acids is 1. The summed E-state index contributed by atoms with van der Waals surface area (Å²) in [6, 6.07) is 3.41. The van der Waals surface area contributed by atoms with Crippen molar-refractivity contribution in [1.82, 2.24) is 20.6 Å². The van der Waals surface area contributed by atoms with Crippen LogP contribution in [0.1, 0.15) is 16.9 Å². The van der Waals surface area contributed by atoms with Gasteiger partial charge in [0, 0.05) is 24.3 Å². The molecule has 3 heterocycles. The van der Waals surface area contributed by atoms with Crippen molar-refractivity contribution in [3.63, 3.8) is 0 Å². The Labute approximate surface area is 129 Å². The maximum Gasteiger partial charge on any atom is 0.270 e. The molecule has 1 atom stereocenters. The van der Waals surface area contributed by atoms with Crippen LogP contribution in [0, 0.1) is 0 Å². The molecule has 0 bridgehead atoms. The molecule has 1 aliphatic rings. The second-order valence-electron chi connectivity index (χ2n) is 5.18. The number of amides is 1. The predicted octanol–water partition coefficient (Wildman–Crippen LogP) is 1.82. The van der Waals surface area contributed by atoms with Crippen LogP contribution in [0.2, 0.25) is 0 Å². The van der Waals surface area contributed by atoms with E-state index in [0.29, 0.717) is 25.0 Å². The smallest absolute Gasteiger partial charge is 0.270 e. The highest BCUT2D eigenvalue weighted by atomic mass is 79.9. The number of hydrogen-bond acceptors (Lipinski definition) is 4. The van der Waals surface area contributed by atoms with Gasteiger partial charge in [0.1, 0.15) is 12.4 Å². The molecular formula is C14H14BrFN4O. The van der Waals surface area contributed by atoms with Crippen molar-refractivity contribution in [2.24, 2.45) is 0 Å². The zero-order valence-corrected chi connectivity index (χ0v) is 12.8. The van der Waals surface area contributed by atoms with Gasteiger partial charge in [-0.3, -0.25) is 9.78 Å². The average Bonchev–Trinajstić information content (AvgIpc) is 2.96. The Morgan fingerprint density at radius 1 is 1.48 bits per heavy atom. The van der Waals surface area contributed by atoms with E-state index in [1.807, 2.05) is 0 Å². The number of alkyl halides is 1. The molecule has 5 nitrogen and oxygen atoms in total. The molecule has 0 aliphatic carbocycles. The zero-order chi connectivity index (χ0) is 14.9. The molecule has 2 aromatic rings. The number of fused-ring (bicyclic) bond motifs is 1. The molecule has 1 saturated heterocycles. The molecule has 2 N–H and O–H groups in total. The van der Waals surface area contributed by atoms with E-state index < -0.39 is 12.2 Å². The molecule has 0 radical (unpaired) electrons. The quantitative estimate of drug-likeness (QED) is 0.884. The topological polar surface area (TPSA) is 66.9 Å². The van der Waals surface area contributed by atoms with E-state index in [1.54, 1.807) is 24.5 Å². The molecule has 21 heavy (non-hydrogen) atoms. The van der Waals surface area contributed by atoms with Crippen LogP contribution in [-0.2, 0) is 0 Å². The predicted molar refractivity (Wildman–Crippen MR) is 80.9 cm³/mol. The first-order chi connectivity index (χ1) is 10.1. The minimum atomic E-state index is -0.816. The van der Waals surface area contributed by atoms with Crippen molar-refractivity contribution in [2.45, 2.75) is 12.0 Å². The van der Waals surface area contributed by atoms with E-state index in [-0.39, 0.29) is 11.6 Å². The van der Waals surface area contributed by atoms with E-state index in [9.17, 15) is 9.18 Å².